The molecule has 1 aliphatic rings. The molecule has 0 atom stereocenters. The van der Waals surface area contributed by atoms with Crippen LogP contribution in [0.4, 0.5) is 5.69 Å². The summed E-state index contributed by atoms with van der Waals surface area (Å²) >= 11 is 0. The van der Waals surface area contributed by atoms with Crippen molar-refractivity contribution in [3.63, 3.8) is 0 Å². The maximum absolute atomic E-state index is 12.1. The summed E-state index contributed by atoms with van der Waals surface area (Å²) in [6, 6.07) is 20.7. The van der Waals surface area contributed by atoms with E-state index in [2.05, 4.69) is 10.3 Å². The first kappa shape index (κ1) is 16.8. The number of methoxy groups -OCH3 is 1. The molecule has 5 nitrogen and oxygen atoms in total. The number of carbonyl (C=O) groups is 1. The van der Waals surface area contributed by atoms with E-state index in [4.69, 9.17) is 4.74 Å². The minimum Gasteiger partial charge on any atom is -0.504 e. The fraction of sp³-hybridized carbons (Fsp3) is 0.0909. The lowest BCUT2D eigenvalue weighted by Crippen LogP contribution is -2.13. The van der Waals surface area contributed by atoms with Crippen molar-refractivity contribution < 1.29 is 14.6 Å². The highest BCUT2D eigenvalue weighted by atomic mass is 16.5. The lowest BCUT2D eigenvalue weighted by molar-refractivity contribution is -0.114. The molecule has 0 saturated carbocycles. The van der Waals surface area contributed by atoms with Crippen LogP contribution in [-0.2, 0) is 4.79 Å². The Kier molecular flexibility index (Phi) is 4.34. The highest BCUT2D eigenvalue weighted by molar-refractivity contribution is 6.19. The van der Waals surface area contributed by atoms with Crippen molar-refractivity contribution >= 4 is 17.3 Å². The monoisotopic (exact) mass is 358 g/mol. The van der Waals surface area contributed by atoms with Gasteiger partial charge in [0.25, 0.3) is 0 Å². The number of carbonyl (C=O) groups excluding carboxylic acids is 1. The Morgan fingerprint density at radius 1 is 0.963 bits per heavy atom. The van der Waals surface area contributed by atoms with E-state index in [9.17, 15) is 9.90 Å². The molecule has 0 radical (unpaired) electrons. The van der Waals surface area contributed by atoms with E-state index in [-0.39, 0.29) is 18.2 Å². The van der Waals surface area contributed by atoms with Crippen molar-refractivity contribution in [2.45, 2.75) is 0 Å². The van der Waals surface area contributed by atoms with Crippen LogP contribution in [-0.4, -0.2) is 30.4 Å². The van der Waals surface area contributed by atoms with Crippen molar-refractivity contribution in [2.24, 2.45) is 4.99 Å². The number of para-hydroxylation sites is 1. The van der Waals surface area contributed by atoms with Crippen LogP contribution < -0.4 is 10.1 Å². The minimum atomic E-state index is -0.148. The van der Waals surface area contributed by atoms with Crippen LogP contribution in [0.2, 0.25) is 0 Å². The fourth-order valence-corrected chi connectivity index (χ4v) is 3.25. The predicted octanol–water partition coefficient (Wildman–Crippen LogP) is 3.86. The highest BCUT2D eigenvalue weighted by Gasteiger charge is 2.20. The van der Waals surface area contributed by atoms with Gasteiger partial charge in [-0.15, -0.1) is 0 Å². The number of ether oxygens (including phenoxy) is 1. The molecule has 4 rings (SSSR count). The maximum Gasteiger partial charge on any atom is 0.246 e. The number of hydrogen-bond acceptors (Lipinski definition) is 4. The molecule has 0 fully saturated rings. The molecule has 1 aliphatic heterocycles. The molecule has 0 aromatic heterocycles. The van der Waals surface area contributed by atoms with Crippen molar-refractivity contribution in [3.8, 4) is 22.6 Å². The van der Waals surface area contributed by atoms with Crippen LogP contribution in [0.1, 0.15) is 11.1 Å². The molecule has 5 heteroatoms. The Hall–Kier alpha value is -3.60. The molecule has 134 valence electrons. The second-order valence-electron chi connectivity index (χ2n) is 6.20. The molecular formula is C22H18N2O3. The van der Waals surface area contributed by atoms with Gasteiger partial charge in [0.15, 0.2) is 11.5 Å². The third-order valence-electron chi connectivity index (χ3n) is 4.49. The molecule has 1 heterocycles. The summed E-state index contributed by atoms with van der Waals surface area (Å²) in [5, 5.41) is 13.0. The summed E-state index contributed by atoms with van der Waals surface area (Å²) in [5.74, 6) is 0.341. The van der Waals surface area contributed by atoms with E-state index < -0.39 is 0 Å². The zero-order valence-electron chi connectivity index (χ0n) is 14.8. The number of phenolic OH excluding ortho intramolecular Hbond substituents is 1. The topological polar surface area (TPSA) is 70.9 Å². The standard InChI is InChI=1S/C22H18N2O3/c1-27-22-16(8-5-9-19(22)25)15-10-11-18-17(12-15)21(23-13-20(26)24-18)14-6-3-2-4-7-14/h2-12,25H,13H2,1H3,(H,24,26). The van der Waals surface area contributed by atoms with Crippen LogP contribution >= 0.6 is 0 Å². The molecule has 0 bridgehead atoms. The van der Waals surface area contributed by atoms with Gasteiger partial charge in [0, 0.05) is 16.7 Å². The predicted molar refractivity (Wildman–Crippen MR) is 106 cm³/mol. The lowest BCUT2D eigenvalue weighted by Gasteiger charge is -2.14. The summed E-state index contributed by atoms with van der Waals surface area (Å²) in [4.78, 5) is 16.6. The zero-order valence-corrected chi connectivity index (χ0v) is 14.8. The molecule has 3 aromatic rings. The van der Waals surface area contributed by atoms with Crippen LogP contribution in [0.3, 0.4) is 0 Å². The number of fused-ring (bicyclic) bond motifs is 1. The number of anilines is 1. The second-order valence-corrected chi connectivity index (χ2v) is 6.20. The highest BCUT2D eigenvalue weighted by Crippen LogP contribution is 2.38. The number of benzodiazepines with no additional fused rings is 1. The largest absolute Gasteiger partial charge is 0.504 e. The maximum atomic E-state index is 12.1. The summed E-state index contributed by atoms with van der Waals surface area (Å²) in [6.07, 6.45) is 0. The van der Waals surface area contributed by atoms with Gasteiger partial charge < -0.3 is 15.2 Å². The van der Waals surface area contributed by atoms with E-state index >= 15 is 0 Å². The van der Waals surface area contributed by atoms with Crippen LogP contribution in [0.25, 0.3) is 11.1 Å². The van der Waals surface area contributed by atoms with E-state index in [1.54, 1.807) is 12.1 Å². The van der Waals surface area contributed by atoms with Crippen molar-refractivity contribution in [1.29, 1.82) is 0 Å². The number of aromatic hydroxyl groups is 1. The van der Waals surface area contributed by atoms with Crippen molar-refractivity contribution in [2.75, 3.05) is 19.0 Å². The number of aliphatic imine (C=N–C) groups is 1. The number of nitrogens with zero attached hydrogens (tertiary/aromatic N) is 1. The molecule has 27 heavy (non-hydrogen) atoms. The number of phenols is 1. The lowest BCUT2D eigenvalue weighted by atomic mass is 9.95. The molecule has 0 aliphatic carbocycles. The van der Waals surface area contributed by atoms with Crippen molar-refractivity contribution in [1.82, 2.24) is 0 Å². The van der Waals surface area contributed by atoms with Gasteiger partial charge in [0.05, 0.1) is 18.5 Å². The van der Waals surface area contributed by atoms with E-state index in [1.807, 2.05) is 54.6 Å². The number of benzene rings is 3. The molecular weight excluding hydrogens is 340 g/mol. The quantitative estimate of drug-likeness (QED) is 0.747. The Balaban J connectivity index is 1.91. The fourth-order valence-electron chi connectivity index (χ4n) is 3.25. The summed E-state index contributed by atoms with van der Waals surface area (Å²) < 4.78 is 5.38. The molecule has 3 aromatic carbocycles. The average molecular weight is 358 g/mol. The van der Waals surface area contributed by atoms with E-state index in [1.165, 1.54) is 7.11 Å². The zero-order chi connectivity index (χ0) is 18.8. The Labute approximate surface area is 157 Å². The summed E-state index contributed by atoms with van der Waals surface area (Å²) in [5.41, 5.74) is 4.86. The third kappa shape index (κ3) is 3.15. The van der Waals surface area contributed by atoms with E-state index in [0.717, 1.165) is 28.0 Å². The molecule has 0 unspecified atom stereocenters. The number of rotatable bonds is 3. The van der Waals surface area contributed by atoms with Gasteiger partial charge >= 0.3 is 0 Å². The summed E-state index contributed by atoms with van der Waals surface area (Å²) in [6.45, 7) is 0.0731. The van der Waals surface area contributed by atoms with Gasteiger partial charge in [-0.3, -0.25) is 9.79 Å². The molecule has 2 N–H and O–H groups in total. The number of hydrogen-bond donors (Lipinski definition) is 2. The van der Waals surface area contributed by atoms with Crippen molar-refractivity contribution in [3.05, 3.63) is 77.9 Å². The Bertz CT molecular complexity index is 1040. The van der Waals surface area contributed by atoms with Gasteiger partial charge in [0.1, 0.15) is 6.54 Å². The first-order chi connectivity index (χ1) is 13.2. The second kappa shape index (κ2) is 6.96. The minimum absolute atomic E-state index is 0.0731. The first-order valence-electron chi connectivity index (χ1n) is 8.58. The van der Waals surface area contributed by atoms with Gasteiger partial charge in [-0.25, -0.2) is 0 Å². The third-order valence-corrected chi connectivity index (χ3v) is 4.49. The first-order valence-corrected chi connectivity index (χ1v) is 8.58. The van der Waals surface area contributed by atoms with Crippen LogP contribution in [0.5, 0.6) is 11.5 Å². The molecule has 0 saturated heterocycles. The Morgan fingerprint density at radius 3 is 2.56 bits per heavy atom. The molecule has 1 amide bonds. The molecule has 0 spiro atoms. The smallest absolute Gasteiger partial charge is 0.246 e. The number of amides is 1. The van der Waals surface area contributed by atoms with Crippen LogP contribution in [0, 0.1) is 0 Å². The average Bonchev–Trinajstić information content (AvgIpc) is 2.86. The SMILES string of the molecule is COc1c(O)cccc1-c1ccc2c(c1)C(c1ccccc1)=NCC(=O)N2. The normalized spacial score (nSPS) is 13.2. The van der Waals surface area contributed by atoms with Gasteiger partial charge in [-0.2, -0.15) is 0 Å². The number of nitrogens with one attached hydrogen (secondary N) is 1. The van der Waals surface area contributed by atoms with Gasteiger partial charge in [-0.05, 0) is 23.8 Å². The van der Waals surface area contributed by atoms with E-state index in [0.29, 0.717) is 11.4 Å². The Morgan fingerprint density at radius 2 is 1.78 bits per heavy atom. The summed E-state index contributed by atoms with van der Waals surface area (Å²) in [7, 11) is 1.53. The van der Waals surface area contributed by atoms with Crippen LogP contribution in [0.15, 0.2) is 71.7 Å². The van der Waals surface area contributed by atoms with Gasteiger partial charge in [0.2, 0.25) is 5.91 Å². The van der Waals surface area contributed by atoms with Gasteiger partial charge in [-0.1, -0.05) is 48.5 Å².